The molecule has 1 aromatic rings. The molecule has 0 fully saturated rings. The smallest absolute Gasteiger partial charge is 0.321 e. The maximum absolute atomic E-state index is 10.5. The lowest BCUT2D eigenvalue weighted by Gasteiger charge is -2.07. The molecule has 0 amide bonds. The second-order valence-corrected chi connectivity index (χ2v) is 4.94. The first kappa shape index (κ1) is 12.5. The van der Waals surface area contributed by atoms with E-state index in [1.165, 1.54) is 11.8 Å². The molecule has 1 atom stereocenters. The highest BCUT2D eigenvalue weighted by atomic mass is 79.9. The van der Waals surface area contributed by atoms with Crippen LogP contribution in [0.25, 0.3) is 0 Å². The van der Waals surface area contributed by atoms with Gasteiger partial charge in [0.1, 0.15) is 6.04 Å². The molecular weight excluding hydrogens is 278 g/mol. The van der Waals surface area contributed by atoms with E-state index in [-0.39, 0.29) is 0 Å². The minimum absolute atomic E-state index is 0.427. The number of benzene rings is 1. The molecule has 0 aliphatic heterocycles. The summed E-state index contributed by atoms with van der Waals surface area (Å²) in [4.78, 5) is 10.5. The molecule has 0 heterocycles. The average Bonchev–Trinajstić information content (AvgIpc) is 2.20. The van der Waals surface area contributed by atoms with Crippen molar-refractivity contribution in [3.8, 4) is 0 Å². The van der Waals surface area contributed by atoms with Gasteiger partial charge in [0, 0.05) is 16.0 Å². The molecule has 0 saturated heterocycles. The number of aliphatic carboxylic acids is 1. The number of thioether (sulfide) groups is 1. The Morgan fingerprint density at radius 3 is 2.80 bits per heavy atom. The van der Waals surface area contributed by atoms with Gasteiger partial charge in [-0.15, -0.1) is 0 Å². The number of hydrogen-bond acceptors (Lipinski definition) is 3. The van der Waals surface area contributed by atoms with Crippen LogP contribution in [0.2, 0.25) is 0 Å². The summed E-state index contributed by atoms with van der Waals surface area (Å²) in [6, 6.07) is 7.09. The summed E-state index contributed by atoms with van der Waals surface area (Å²) in [5.74, 6) is 0.244. The van der Waals surface area contributed by atoms with Gasteiger partial charge in [0.2, 0.25) is 0 Å². The van der Waals surface area contributed by atoms with E-state index in [0.29, 0.717) is 5.75 Å². The number of carboxylic acids is 1. The second kappa shape index (κ2) is 6.15. The van der Waals surface area contributed by atoms with Crippen LogP contribution in [0.15, 0.2) is 28.7 Å². The third-order valence-corrected chi connectivity index (χ3v) is 3.71. The monoisotopic (exact) mass is 289 g/mol. The predicted octanol–water partition coefficient (Wildman–Crippen LogP) is 2.09. The largest absolute Gasteiger partial charge is 0.480 e. The van der Waals surface area contributed by atoms with Gasteiger partial charge in [-0.25, -0.2) is 0 Å². The molecular formula is C10H12BrNO2S. The van der Waals surface area contributed by atoms with Crippen LogP contribution in [-0.2, 0) is 10.5 Å². The molecule has 0 aliphatic rings. The molecule has 82 valence electrons. The van der Waals surface area contributed by atoms with Crippen molar-refractivity contribution >= 4 is 33.7 Å². The van der Waals surface area contributed by atoms with E-state index in [1.807, 2.05) is 24.3 Å². The van der Waals surface area contributed by atoms with Crippen LogP contribution in [0, 0.1) is 0 Å². The van der Waals surface area contributed by atoms with Crippen molar-refractivity contribution in [2.45, 2.75) is 11.8 Å². The highest BCUT2D eigenvalue weighted by Gasteiger charge is 2.11. The molecule has 1 unspecified atom stereocenters. The SMILES string of the molecule is NC(CSCc1ccccc1Br)C(=O)O. The first-order valence-corrected chi connectivity index (χ1v) is 6.35. The topological polar surface area (TPSA) is 63.3 Å². The fourth-order valence-corrected chi connectivity index (χ4v) is 2.58. The maximum atomic E-state index is 10.5. The summed E-state index contributed by atoms with van der Waals surface area (Å²) < 4.78 is 1.04. The minimum Gasteiger partial charge on any atom is -0.480 e. The van der Waals surface area contributed by atoms with E-state index in [2.05, 4.69) is 15.9 Å². The van der Waals surface area contributed by atoms with Crippen molar-refractivity contribution in [2.24, 2.45) is 5.73 Å². The molecule has 0 saturated carbocycles. The number of halogens is 1. The van der Waals surface area contributed by atoms with E-state index in [0.717, 1.165) is 15.8 Å². The Hall–Kier alpha value is -0.520. The fourth-order valence-electron chi connectivity index (χ4n) is 0.983. The maximum Gasteiger partial charge on any atom is 0.321 e. The van der Waals surface area contributed by atoms with Crippen LogP contribution >= 0.6 is 27.7 Å². The third kappa shape index (κ3) is 4.24. The van der Waals surface area contributed by atoms with E-state index < -0.39 is 12.0 Å². The van der Waals surface area contributed by atoms with Crippen LogP contribution in [0.3, 0.4) is 0 Å². The minimum atomic E-state index is -0.949. The Labute approximate surface area is 101 Å². The van der Waals surface area contributed by atoms with Crippen LogP contribution in [0.5, 0.6) is 0 Å². The Morgan fingerprint density at radius 2 is 2.20 bits per heavy atom. The lowest BCUT2D eigenvalue weighted by molar-refractivity contribution is -0.137. The van der Waals surface area contributed by atoms with E-state index >= 15 is 0 Å². The highest BCUT2D eigenvalue weighted by Crippen LogP contribution is 2.21. The van der Waals surface area contributed by atoms with Crippen molar-refractivity contribution in [3.63, 3.8) is 0 Å². The predicted molar refractivity (Wildman–Crippen MR) is 65.9 cm³/mol. The van der Waals surface area contributed by atoms with Crippen LogP contribution in [0.1, 0.15) is 5.56 Å². The van der Waals surface area contributed by atoms with Crippen LogP contribution < -0.4 is 5.73 Å². The van der Waals surface area contributed by atoms with E-state index in [9.17, 15) is 4.79 Å². The summed E-state index contributed by atoms with van der Waals surface area (Å²) in [6.07, 6.45) is 0. The van der Waals surface area contributed by atoms with Gasteiger partial charge in [0.05, 0.1) is 0 Å². The zero-order chi connectivity index (χ0) is 11.3. The second-order valence-electron chi connectivity index (χ2n) is 3.05. The van der Waals surface area contributed by atoms with Crippen molar-refractivity contribution in [2.75, 3.05) is 5.75 Å². The van der Waals surface area contributed by atoms with Gasteiger partial charge in [0.25, 0.3) is 0 Å². The van der Waals surface area contributed by atoms with Crippen molar-refractivity contribution in [1.82, 2.24) is 0 Å². The van der Waals surface area contributed by atoms with Crippen molar-refractivity contribution < 1.29 is 9.90 Å². The van der Waals surface area contributed by atoms with Gasteiger partial charge in [0.15, 0.2) is 0 Å². The summed E-state index contributed by atoms with van der Waals surface area (Å²) in [5.41, 5.74) is 6.54. The quantitative estimate of drug-likeness (QED) is 0.871. The molecule has 1 aromatic carbocycles. The number of carbonyl (C=O) groups is 1. The summed E-state index contributed by atoms with van der Waals surface area (Å²) in [6.45, 7) is 0. The Morgan fingerprint density at radius 1 is 1.53 bits per heavy atom. The molecule has 1 rings (SSSR count). The van der Waals surface area contributed by atoms with Crippen molar-refractivity contribution in [1.29, 1.82) is 0 Å². The van der Waals surface area contributed by atoms with Crippen LogP contribution in [0.4, 0.5) is 0 Å². The molecule has 5 heteroatoms. The van der Waals surface area contributed by atoms with Gasteiger partial charge >= 0.3 is 5.97 Å². The summed E-state index contributed by atoms with van der Waals surface area (Å²) in [7, 11) is 0. The summed E-state index contributed by atoms with van der Waals surface area (Å²) in [5, 5.41) is 8.59. The van der Waals surface area contributed by atoms with Gasteiger partial charge in [-0.3, -0.25) is 4.79 Å². The first-order valence-electron chi connectivity index (χ1n) is 4.41. The summed E-state index contributed by atoms with van der Waals surface area (Å²) >= 11 is 4.95. The first-order chi connectivity index (χ1) is 7.11. The highest BCUT2D eigenvalue weighted by molar-refractivity contribution is 9.10. The molecule has 3 nitrogen and oxygen atoms in total. The number of hydrogen-bond donors (Lipinski definition) is 2. The molecule has 3 N–H and O–H groups in total. The zero-order valence-electron chi connectivity index (χ0n) is 8.02. The van der Waals surface area contributed by atoms with E-state index in [4.69, 9.17) is 10.8 Å². The average molecular weight is 290 g/mol. The van der Waals surface area contributed by atoms with Crippen LogP contribution in [-0.4, -0.2) is 22.9 Å². The lowest BCUT2D eigenvalue weighted by atomic mass is 10.2. The number of carboxylic acid groups (broad SMARTS) is 1. The Kier molecular flexibility index (Phi) is 5.14. The Balaban J connectivity index is 2.38. The van der Waals surface area contributed by atoms with Gasteiger partial charge in [-0.1, -0.05) is 34.1 Å². The Bertz CT molecular complexity index is 346. The molecule has 0 spiro atoms. The standard InChI is InChI=1S/C10H12BrNO2S/c11-8-4-2-1-3-7(8)5-15-6-9(12)10(13)14/h1-4,9H,5-6,12H2,(H,13,14). The van der Waals surface area contributed by atoms with Gasteiger partial charge < -0.3 is 10.8 Å². The molecule has 0 aromatic heterocycles. The van der Waals surface area contributed by atoms with Gasteiger partial charge in [-0.2, -0.15) is 11.8 Å². The van der Waals surface area contributed by atoms with Gasteiger partial charge in [-0.05, 0) is 11.6 Å². The van der Waals surface area contributed by atoms with Crippen molar-refractivity contribution in [3.05, 3.63) is 34.3 Å². The third-order valence-electron chi connectivity index (χ3n) is 1.83. The lowest BCUT2D eigenvalue weighted by Crippen LogP contribution is -2.32. The van der Waals surface area contributed by atoms with E-state index in [1.54, 1.807) is 0 Å². The number of nitrogens with two attached hydrogens (primary N) is 1. The number of rotatable bonds is 5. The fraction of sp³-hybridized carbons (Fsp3) is 0.300. The molecule has 0 bridgehead atoms. The molecule has 0 aliphatic carbocycles. The molecule has 0 radical (unpaired) electrons. The zero-order valence-corrected chi connectivity index (χ0v) is 10.4. The normalized spacial score (nSPS) is 12.4. The molecule has 15 heavy (non-hydrogen) atoms.